The zero-order chi connectivity index (χ0) is 19.9. The highest BCUT2D eigenvalue weighted by Gasteiger charge is 2.19. The molecule has 0 radical (unpaired) electrons. The summed E-state index contributed by atoms with van der Waals surface area (Å²) in [5.41, 5.74) is 1.56. The van der Waals surface area contributed by atoms with Crippen LogP contribution < -0.4 is 0 Å². The Bertz CT molecular complexity index is 1310. The maximum Gasteiger partial charge on any atom is 0.226 e. The highest BCUT2D eigenvalue weighted by Crippen LogP contribution is 2.23. The molecule has 3 aromatic heterocycles. The topological polar surface area (TPSA) is 113 Å². The number of imidazole rings is 1. The van der Waals surface area contributed by atoms with Crippen molar-refractivity contribution in [1.82, 2.24) is 29.3 Å². The SMILES string of the molecule is CCS(=O)(=O)CC(=O)Cn1cnc2c(-n3ncc4ccccc43)nc(Cl)nc21. The quantitative estimate of drug-likeness (QED) is 0.439. The van der Waals surface area contributed by atoms with E-state index in [0.717, 1.165) is 10.9 Å². The van der Waals surface area contributed by atoms with Gasteiger partial charge in [-0.3, -0.25) is 4.79 Å². The van der Waals surface area contributed by atoms with Crippen LogP contribution in [0.4, 0.5) is 0 Å². The van der Waals surface area contributed by atoms with E-state index in [1.54, 1.807) is 10.9 Å². The predicted octanol–water partition coefficient (Wildman–Crippen LogP) is 1.82. The van der Waals surface area contributed by atoms with Crippen molar-refractivity contribution in [2.75, 3.05) is 11.5 Å². The number of halogens is 1. The third-order valence-corrected chi connectivity index (χ3v) is 6.07. The van der Waals surface area contributed by atoms with Crippen molar-refractivity contribution >= 4 is 49.3 Å². The molecule has 0 unspecified atom stereocenters. The monoisotopic (exact) mass is 418 g/mol. The highest BCUT2D eigenvalue weighted by molar-refractivity contribution is 7.92. The van der Waals surface area contributed by atoms with Gasteiger partial charge in [0.05, 0.1) is 24.6 Å². The van der Waals surface area contributed by atoms with Crippen LogP contribution in [-0.4, -0.2) is 55.0 Å². The van der Waals surface area contributed by atoms with E-state index in [1.807, 2.05) is 24.3 Å². The van der Waals surface area contributed by atoms with Crippen LogP contribution in [0.3, 0.4) is 0 Å². The highest BCUT2D eigenvalue weighted by atomic mass is 35.5. The summed E-state index contributed by atoms with van der Waals surface area (Å²) in [5, 5.41) is 5.25. The molecule has 4 rings (SSSR count). The lowest BCUT2D eigenvalue weighted by molar-refractivity contribution is -0.117. The van der Waals surface area contributed by atoms with E-state index in [0.29, 0.717) is 17.0 Å². The number of carbonyl (C=O) groups excluding carboxylic acids is 1. The molecule has 0 aliphatic heterocycles. The summed E-state index contributed by atoms with van der Waals surface area (Å²) in [5.74, 6) is -0.697. The van der Waals surface area contributed by atoms with Gasteiger partial charge in [0, 0.05) is 11.1 Å². The fourth-order valence-corrected chi connectivity index (χ4v) is 3.84. The molecular formula is C17H15ClN6O3S. The summed E-state index contributed by atoms with van der Waals surface area (Å²) in [6.45, 7) is 1.32. The summed E-state index contributed by atoms with van der Waals surface area (Å²) in [4.78, 5) is 24.9. The molecule has 4 aromatic rings. The molecule has 144 valence electrons. The minimum atomic E-state index is -3.41. The number of sulfone groups is 1. The van der Waals surface area contributed by atoms with Crippen LogP contribution in [0.1, 0.15) is 6.92 Å². The lowest BCUT2D eigenvalue weighted by Gasteiger charge is -2.06. The molecule has 0 fully saturated rings. The van der Waals surface area contributed by atoms with Crippen molar-refractivity contribution in [3.05, 3.63) is 42.1 Å². The fourth-order valence-electron chi connectivity index (χ4n) is 2.89. The first kappa shape index (κ1) is 18.5. The number of benzene rings is 1. The summed E-state index contributed by atoms with van der Waals surface area (Å²) in [6.07, 6.45) is 3.12. The van der Waals surface area contributed by atoms with E-state index >= 15 is 0 Å². The molecule has 9 nitrogen and oxygen atoms in total. The number of Topliss-reactive ketones (excluding diaryl/α,β-unsaturated/α-hetero) is 1. The van der Waals surface area contributed by atoms with Gasteiger partial charge in [0.25, 0.3) is 0 Å². The molecule has 3 heterocycles. The van der Waals surface area contributed by atoms with Crippen LogP contribution in [0.25, 0.3) is 27.9 Å². The number of rotatable bonds is 6. The summed E-state index contributed by atoms with van der Waals surface area (Å²) >= 11 is 6.10. The Labute approximate surface area is 164 Å². The molecule has 28 heavy (non-hydrogen) atoms. The summed E-state index contributed by atoms with van der Waals surface area (Å²) in [6, 6.07) is 7.60. The van der Waals surface area contributed by atoms with Gasteiger partial charge in [-0.2, -0.15) is 15.1 Å². The number of hydrogen-bond acceptors (Lipinski definition) is 7. The summed E-state index contributed by atoms with van der Waals surface area (Å²) < 4.78 is 26.4. The molecule has 0 spiro atoms. The zero-order valence-electron chi connectivity index (χ0n) is 14.8. The van der Waals surface area contributed by atoms with Crippen molar-refractivity contribution in [2.45, 2.75) is 13.5 Å². The van der Waals surface area contributed by atoms with Gasteiger partial charge in [-0.1, -0.05) is 25.1 Å². The number of para-hydroxylation sites is 1. The largest absolute Gasteiger partial charge is 0.308 e. The van der Waals surface area contributed by atoms with Gasteiger partial charge in [-0.25, -0.2) is 18.1 Å². The predicted molar refractivity (Wildman–Crippen MR) is 104 cm³/mol. The van der Waals surface area contributed by atoms with Crippen molar-refractivity contribution in [1.29, 1.82) is 0 Å². The normalized spacial score (nSPS) is 12.1. The second kappa shape index (κ2) is 6.95. The fraction of sp³-hybridized carbons (Fsp3) is 0.235. The second-order valence-electron chi connectivity index (χ2n) is 6.19. The number of carbonyl (C=O) groups is 1. The number of ketones is 1. The maximum absolute atomic E-state index is 12.2. The first-order valence-electron chi connectivity index (χ1n) is 8.41. The minimum absolute atomic E-state index is 0.0301. The van der Waals surface area contributed by atoms with Gasteiger partial charge in [-0.15, -0.1) is 0 Å². The van der Waals surface area contributed by atoms with E-state index in [4.69, 9.17) is 11.6 Å². The lowest BCUT2D eigenvalue weighted by atomic mass is 10.2. The number of hydrogen-bond donors (Lipinski definition) is 0. The van der Waals surface area contributed by atoms with E-state index in [-0.39, 0.29) is 17.6 Å². The molecule has 0 bridgehead atoms. The Hall–Kier alpha value is -2.85. The van der Waals surface area contributed by atoms with Crippen molar-refractivity contribution < 1.29 is 13.2 Å². The molecule has 0 amide bonds. The Balaban J connectivity index is 1.78. The van der Waals surface area contributed by atoms with Gasteiger partial charge >= 0.3 is 0 Å². The van der Waals surface area contributed by atoms with Crippen LogP contribution in [0, 0.1) is 0 Å². The second-order valence-corrected chi connectivity index (χ2v) is 8.88. The number of aromatic nitrogens is 6. The first-order chi connectivity index (χ1) is 13.4. The Morgan fingerprint density at radius 1 is 1.21 bits per heavy atom. The van der Waals surface area contributed by atoms with Crippen molar-refractivity contribution in [3.8, 4) is 5.82 Å². The van der Waals surface area contributed by atoms with E-state index in [2.05, 4.69) is 20.1 Å². The average Bonchev–Trinajstić information content (AvgIpc) is 3.25. The average molecular weight is 419 g/mol. The minimum Gasteiger partial charge on any atom is -0.308 e. The van der Waals surface area contributed by atoms with Gasteiger partial charge in [-0.05, 0) is 17.7 Å². The van der Waals surface area contributed by atoms with Gasteiger partial charge in [0.1, 0.15) is 5.75 Å². The molecule has 0 aliphatic rings. The molecule has 11 heteroatoms. The Kier molecular flexibility index (Phi) is 4.60. The van der Waals surface area contributed by atoms with Crippen LogP contribution in [-0.2, 0) is 21.2 Å². The standard InChI is InChI=1S/C17H15ClN6O3S/c1-2-28(26,27)9-12(25)8-23-10-19-14-15(23)21-17(18)22-16(14)24-13-6-4-3-5-11(13)7-20-24/h3-7,10H,2,8-9H2,1H3. The van der Waals surface area contributed by atoms with Gasteiger partial charge in [0.2, 0.25) is 5.28 Å². The molecule has 0 atom stereocenters. The van der Waals surface area contributed by atoms with Crippen molar-refractivity contribution in [3.63, 3.8) is 0 Å². The van der Waals surface area contributed by atoms with Crippen LogP contribution in [0.15, 0.2) is 36.8 Å². The molecule has 0 saturated heterocycles. The maximum atomic E-state index is 12.2. The first-order valence-corrected chi connectivity index (χ1v) is 10.6. The van der Waals surface area contributed by atoms with Gasteiger partial charge in [0.15, 0.2) is 32.6 Å². The molecule has 0 N–H and O–H groups in total. The van der Waals surface area contributed by atoms with Crippen LogP contribution >= 0.6 is 11.6 Å². The van der Waals surface area contributed by atoms with Crippen LogP contribution in [0.2, 0.25) is 5.28 Å². The van der Waals surface area contributed by atoms with Crippen LogP contribution in [0.5, 0.6) is 0 Å². The smallest absolute Gasteiger partial charge is 0.226 e. The third-order valence-electron chi connectivity index (χ3n) is 4.26. The molecular weight excluding hydrogens is 404 g/mol. The lowest BCUT2D eigenvalue weighted by Crippen LogP contribution is -2.21. The molecule has 0 saturated carbocycles. The molecule has 1 aromatic carbocycles. The zero-order valence-corrected chi connectivity index (χ0v) is 16.4. The van der Waals surface area contributed by atoms with E-state index < -0.39 is 21.4 Å². The Morgan fingerprint density at radius 2 is 2.00 bits per heavy atom. The van der Waals surface area contributed by atoms with Crippen molar-refractivity contribution in [2.24, 2.45) is 0 Å². The summed E-state index contributed by atoms with van der Waals surface area (Å²) in [7, 11) is -3.41. The molecule has 0 aliphatic carbocycles. The van der Waals surface area contributed by atoms with E-state index in [1.165, 1.54) is 17.8 Å². The number of nitrogens with zero attached hydrogens (tertiary/aromatic N) is 6. The number of fused-ring (bicyclic) bond motifs is 2. The van der Waals surface area contributed by atoms with E-state index in [9.17, 15) is 13.2 Å². The third kappa shape index (κ3) is 3.36. The van der Waals surface area contributed by atoms with Gasteiger partial charge < -0.3 is 4.57 Å². The Morgan fingerprint density at radius 3 is 2.79 bits per heavy atom.